The van der Waals surface area contributed by atoms with Gasteiger partial charge in [0.25, 0.3) is 5.91 Å². The number of carbonyl (C=O) groups is 2. The van der Waals surface area contributed by atoms with Crippen molar-refractivity contribution in [1.29, 1.82) is 0 Å². The molecule has 7 nitrogen and oxygen atoms in total. The monoisotopic (exact) mass is 435 g/mol. The van der Waals surface area contributed by atoms with Crippen LogP contribution in [0.4, 0.5) is 5.69 Å². The smallest absolute Gasteiger partial charge is 0.338 e. The molecule has 3 aliphatic rings. The summed E-state index contributed by atoms with van der Waals surface area (Å²) in [7, 11) is 0. The number of benzene rings is 1. The fourth-order valence-electron chi connectivity index (χ4n) is 5.13. The molecule has 0 spiro atoms. The number of carbonyl (C=O) groups excluding carboxylic acids is 2. The van der Waals surface area contributed by atoms with Crippen LogP contribution < -0.4 is 4.90 Å². The summed E-state index contributed by atoms with van der Waals surface area (Å²) >= 11 is 0. The lowest BCUT2D eigenvalue weighted by atomic mass is 9.91. The minimum atomic E-state index is -1.21. The number of rotatable bonds is 4. The van der Waals surface area contributed by atoms with Crippen LogP contribution in [-0.4, -0.2) is 60.7 Å². The minimum absolute atomic E-state index is 0.141. The van der Waals surface area contributed by atoms with Crippen LogP contribution in [0.2, 0.25) is 0 Å². The van der Waals surface area contributed by atoms with E-state index in [1.165, 1.54) is 0 Å². The highest BCUT2D eigenvalue weighted by Crippen LogP contribution is 2.45. The van der Waals surface area contributed by atoms with Gasteiger partial charge in [0.2, 0.25) is 0 Å². The van der Waals surface area contributed by atoms with Crippen molar-refractivity contribution in [2.24, 2.45) is 0 Å². The number of aromatic nitrogens is 1. The zero-order chi connectivity index (χ0) is 22.5. The average molecular weight is 436 g/mol. The van der Waals surface area contributed by atoms with E-state index in [0.717, 1.165) is 30.0 Å². The van der Waals surface area contributed by atoms with Gasteiger partial charge in [-0.25, -0.2) is 4.79 Å². The molecular formula is C25H29N3O4. The van der Waals surface area contributed by atoms with Crippen LogP contribution in [0.3, 0.4) is 0 Å². The van der Waals surface area contributed by atoms with Crippen molar-refractivity contribution in [3.05, 3.63) is 58.9 Å². The third-order valence-electron chi connectivity index (χ3n) is 6.81. The quantitative estimate of drug-likeness (QED) is 0.688. The Hall–Kier alpha value is -2.93. The van der Waals surface area contributed by atoms with Gasteiger partial charge in [-0.3, -0.25) is 9.78 Å². The predicted octanol–water partition coefficient (Wildman–Crippen LogP) is 2.88. The first-order chi connectivity index (χ1) is 15.4. The van der Waals surface area contributed by atoms with Crippen molar-refractivity contribution in [2.45, 2.75) is 44.7 Å². The lowest BCUT2D eigenvalue weighted by molar-refractivity contribution is -0.169. The minimum Gasteiger partial charge on any atom is -0.461 e. The Kier molecular flexibility index (Phi) is 5.16. The average Bonchev–Trinajstić information content (AvgIpc) is 3.04. The first-order valence-corrected chi connectivity index (χ1v) is 11.3. The molecule has 1 aromatic carbocycles. The van der Waals surface area contributed by atoms with Crippen LogP contribution >= 0.6 is 0 Å². The Morgan fingerprint density at radius 2 is 1.88 bits per heavy atom. The molecule has 4 heterocycles. The molecule has 0 saturated carbocycles. The van der Waals surface area contributed by atoms with Gasteiger partial charge in [0.15, 0.2) is 5.54 Å². The van der Waals surface area contributed by atoms with Crippen LogP contribution in [0.15, 0.2) is 36.4 Å². The van der Waals surface area contributed by atoms with Crippen molar-refractivity contribution < 1.29 is 19.1 Å². The summed E-state index contributed by atoms with van der Waals surface area (Å²) < 4.78 is 11.1. The van der Waals surface area contributed by atoms with Crippen molar-refractivity contribution in [2.75, 3.05) is 37.8 Å². The maximum Gasteiger partial charge on any atom is 0.338 e. The molecule has 32 heavy (non-hydrogen) atoms. The van der Waals surface area contributed by atoms with Gasteiger partial charge in [-0.05, 0) is 30.9 Å². The third kappa shape index (κ3) is 3.18. The van der Waals surface area contributed by atoms with E-state index in [-0.39, 0.29) is 24.5 Å². The van der Waals surface area contributed by atoms with E-state index in [1.54, 1.807) is 11.8 Å². The van der Waals surface area contributed by atoms with E-state index in [4.69, 9.17) is 14.5 Å². The zero-order valence-corrected chi connectivity index (χ0v) is 18.8. The van der Waals surface area contributed by atoms with Crippen LogP contribution in [0, 0.1) is 0 Å². The topological polar surface area (TPSA) is 72.0 Å². The number of morpholine rings is 2. The van der Waals surface area contributed by atoms with E-state index in [2.05, 4.69) is 18.7 Å². The van der Waals surface area contributed by atoms with Gasteiger partial charge in [0.1, 0.15) is 6.61 Å². The number of fused-ring (bicyclic) bond motifs is 3. The molecule has 0 N–H and O–H groups in total. The van der Waals surface area contributed by atoms with E-state index >= 15 is 0 Å². The Balaban J connectivity index is 1.59. The fraction of sp³-hybridized carbons (Fsp3) is 0.480. The Morgan fingerprint density at radius 3 is 2.56 bits per heavy atom. The lowest BCUT2D eigenvalue weighted by Crippen LogP contribution is -2.59. The number of ether oxygens (including phenoxy) is 2. The molecule has 0 bridgehead atoms. The molecule has 1 aromatic heterocycles. The van der Waals surface area contributed by atoms with E-state index < -0.39 is 11.5 Å². The number of amides is 1. The second-order valence-electron chi connectivity index (χ2n) is 9.23. The molecule has 0 unspecified atom stereocenters. The molecule has 0 aliphatic carbocycles. The summed E-state index contributed by atoms with van der Waals surface area (Å²) in [4.78, 5) is 35.8. The maximum absolute atomic E-state index is 13.7. The Labute approximate surface area is 188 Å². The van der Waals surface area contributed by atoms with E-state index in [9.17, 15) is 9.59 Å². The van der Waals surface area contributed by atoms with E-state index in [0.29, 0.717) is 30.9 Å². The predicted molar refractivity (Wildman–Crippen MR) is 120 cm³/mol. The molecule has 2 atom stereocenters. The van der Waals surface area contributed by atoms with Gasteiger partial charge < -0.3 is 19.3 Å². The number of hydrogen-bond donors (Lipinski definition) is 0. The van der Waals surface area contributed by atoms with Gasteiger partial charge in [0.05, 0.1) is 41.9 Å². The molecule has 7 heteroatoms. The normalized spacial score (nSPS) is 25.1. The van der Waals surface area contributed by atoms with Gasteiger partial charge in [-0.2, -0.15) is 0 Å². The first kappa shape index (κ1) is 20.9. The van der Waals surface area contributed by atoms with Gasteiger partial charge >= 0.3 is 5.97 Å². The Morgan fingerprint density at radius 1 is 1.16 bits per heavy atom. The van der Waals surface area contributed by atoms with Gasteiger partial charge in [-0.15, -0.1) is 0 Å². The Bertz CT molecular complexity index is 1050. The van der Waals surface area contributed by atoms with Crippen molar-refractivity contribution in [3.63, 3.8) is 0 Å². The van der Waals surface area contributed by atoms with Crippen LogP contribution in [0.25, 0.3) is 0 Å². The highest BCUT2D eigenvalue weighted by molar-refractivity contribution is 6.06. The standard InChI is InChI=1S/C25H29N3O4/c1-16(2)21-20(27-9-11-31-12-10-27)14-19-22(26-21)25(3)24(30)32-15-18(28(25)23(19)29)13-17-7-5-4-6-8-17/h4-8,14,16,18H,9-13,15H2,1-3H3/t18-,25-/m0/s1. The van der Waals surface area contributed by atoms with Crippen molar-refractivity contribution in [1.82, 2.24) is 9.88 Å². The highest BCUT2D eigenvalue weighted by atomic mass is 16.5. The summed E-state index contributed by atoms with van der Waals surface area (Å²) in [5.41, 5.74) is 2.79. The summed E-state index contributed by atoms with van der Waals surface area (Å²) in [5.74, 6) is -0.404. The van der Waals surface area contributed by atoms with Crippen molar-refractivity contribution in [3.8, 4) is 0 Å². The molecule has 168 valence electrons. The zero-order valence-electron chi connectivity index (χ0n) is 18.8. The second kappa shape index (κ2) is 7.89. The van der Waals surface area contributed by atoms with Crippen molar-refractivity contribution >= 4 is 17.6 Å². The molecule has 2 aromatic rings. The number of esters is 1. The number of nitrogens with zero attached hydrogens (tertiary/aromatic N) is 3. The van der Waals surface area contributed by atoms with E-state index in [1.807, 2.05) is 36.4 Å². The molecule has 1 amide bonds. The summed E-state index contributed by atoms with van der Waals surface area (Å²) in [6.45, 7) is 8.97. The summed E-state index contributed by atoms with van der Waals surface area (Å²) in [5, 5.41) is 0. The molecule has 3 aliphatic heterocycles. The fourth-order valence-corrected chi connectivity index (χ4v) is 5.13. The number of pyridine rings is 1. The third-order valence-corrected chi connectivity index (χ3v) is 6.81. The van der Waals surface area contributed by atoms with Gasteiger partial charge in [-0.1, -0.05) is 44.2 Å². The molecule has 5 rings (SSSR count). The number of anilines is 1. The molecule has 2 saturated heterocycles. The highest BCUT2D eigenvalue weighted by Gasteiger charge is 2.59. The summed E-state index contributed by atoms with van der Waals surface area (Å²) in [6.07, 6.45) is 0.622. The molecular weight excluding hydrogens is 406 g/mol. The number of cyclic esters (lactones) is 1. The maximum atomic E-state index is 13.7. The van der Waals surface area contributed by atoms with Crippen LogP contribution in [0.1, 0.15) is 54.0 Å². The SMILES string of the molecule is CC(C)c1nc2c(cc1N1CCOCC1)C(=O)N1[C@@H](Cc3ccccc3)COC(=O)[C@]21C. The second-order valence-corrected chi connectivity index (χ2v) is 9.23. The van der Waals surface area contributed by atoms with Crippen LogP contribution in [-0.2, 0) is 26.2 Å². The first-order valence-electron chi connectivity index (χ1n) is 11.3. The molecule has 2 fully saturated rings. The summed E-state index contributed by atoms with van der Waals surface area (Å²) in [6, 6.07) is 11.7. The lowest BCUT2D eigenvalue weighted by Gasteiger charge is -2.43. The molecule has 0 radical (unpaired) electrons. The van der Waals surface area contributed by atoms with Gasteiger partial charge in [0, 0.05) is 13.1 Å². The van der Waals surface area contributed by atoms with Crippen LogP contribution in [0.5, 0.6) is 0 Å². The number of hydrogen-bond acceptors (Lipinski definition) is 6. The largest absolute Gasteiger partial charge is 0.461 e.